The van der Waals surface area contributed by atoms with Crippen molar-refractivity contribution in [1.29, 1.82) is 0 Å². The molecule has 0 aromatic heterocycles. The van der Waals surface area contributed by atoms with Gasteiger partial charge in [-0.1, -0.05) is 6.08 Å². The summed E-state index contributed by atoms with van der Waals surface area (Å²) < 4.78 is 26.1. The van der Waals surface area contributed by atoms with Gasteiger partial charge in [-0.2, -0.15) is 0 Å². The molecule has 0 radical (unpaired) electrons. The van der Waals surface area contributed by atoms with Gasteiger partial charge >= 0.3 is 5.97 Å². The Kier molecular flexibility index (Phi) is 3.55. The maximum atomic E-state index is 13.2. The first-order valence-corrected chi connectivity index (χ1v) is 4.35. The van der Waals surface area contributed by atoms with E-state index in [4.69, 9.17) is 5.11 Å². The highest BCUT2D eigenvalue weighted by Crippen LogP contribution is 2.24. The fraction of sp³-hybridized carbons (Fsp3) is 0.182. The number of carboxylic acids is 1. The van der Waals surface area contributed by atoms with Gasteiger partial charge in [0.15, 0.2) is 0 Å². The predicted octanol–water partition coefficient (Wildman–Crippen LogP) is 2.71. The summed E-state index contributed by atoms with van der Waals surface area (Å²) in [6.07, 6.45) is 1.43. The second-order valence-corrected chi connectivity index (χ2v) is 3.08. The van der Waals surface area contributed by atoms with E-state index >= 15 is 0 Å². The maximum absolute atomic E-state index is 13.2. The summed E-state index contributed by atoms with van der Waals surface area (Å²) >= 11 is 0. The van der Waals surface area contributed by atoms with Gasteiger partial charge in [0, 0.05) is 5.56 Å². The van der Waals surface area contributed by atoms with Crippen LogP contribution in [0.2, 0.25) is 0 Å². The number of hydrogen-bond donors (Lipinski definition) is 1. The summed E-state index contributed by atoms with van der Waals surface area (Å²) in [6, 6.07) is 2.77. The minimum absolute atomic E-state index is 0.0652. The van der Waals surface area contributed by atoms with Crippen LogP contribution in [0, 0.1) is 11.6 Å². The molecule has 0 bridgehead atoms. The van der Waals surface area contributed by atoms with Crippen LogP contribution in [0.5, 0.6) is 0 Å². The average molecular weight is 212 g/mol. The van der Waals surface area contributed by atoms with Crippen LogP contribution in [0.15, 0.2) is 30.9 Å². The van der Waals surface area contributed by atoms with Crippen LogP contribution in [0.25, 0.3) is 0 Å². The van der Waals surface area contributed by atoms with Gasteiger partial charge in [0.25, 0.3) is 0 Å². The Bertz CT molecular complexity index is 388. The molecular formula is C11H10F2O2. The van der Waals surface area contributed by atoms with Gasteiger partial charge in [0.2, 0.25) is 0 Å². The molecule has 1 rings (SSSR count). The van der Waals surface area contributed by atoms with Gasteiger partial charge < -0.3 is 5.11 Å². The second kappa shape index (κ2) is 4.68. The van der Waals surface area contributed by atoms with Crippen LogP contribution in [-0.4, -0.2) is 11.1 Å². The molecular weight excluding hydrogens is 202 g/mol. The van der Waals surface area contributed by atoms with Crippen LogP contribution in [0.4, 0.5) is 8.78 Å². The summed E-state index contributed by atoms with van der Waals surface area (Å²) in [5, 5.41) is 8.84. The Hall–Kier alpha value is -1.71. The van der Waals surface area contributed by atoms with E-state index in [9.17, 15) is 13.6 Å². The highest BCUT2D eigenvalue weighted by Gasteiger charge is 2.22. The Morgan fingerprint density at radius 3 is 2.73 bits per heavy atom. The summed E-state index contributed by atoms with van der Waals surface area (Å²) in [5.74, 6) is -3.65. The third-order valence-electron chi connectivity index (χ3n) is 2.03. The molecule has 1 N–H and O–H groups in total. The molecule has 0 saturated heterocycles. The number of allylic oxidation sites excluding steroid dienone is 1. The van der Waals surface area contributed by atoms with E-state index in [-0.39, 0.29) is 12.0 Å². The Morgan fingerprint density at radius 2 is 2.20 bits per heavy atom. The number of carboxylic acid groups (broad SMARTS) is 1. The summed E-state index contributed by atoms with van der Waals surface area (Å²) in [6.45, 7) is 3.38. The van der Waals surface area contributed by atoms with Crippen LogP contribution in [0.3, 0.4) is 0 Å². The van der Waals surface area contributed by atoms with Crippen LogP contribution in [-0.2, 0) is 4.79 Å². The van der Waals surface area contributed by atoms with E-state index in [1.165, 1.54) is 6.08 Å². The molecule has 0 spiro atoms. The first kappa shape index (κ1) is 11.4. The lowest BCUT2D eigenvalue weighted by molar-refractivity contribution is -0.138. The van der Waals surface area contributed by atoms with Crippen molar-refractivity contribution in [3.63, 3.8) is 0 Å². The Balaban J connectivity index is 3.15. The van der Waals surface area contributed by atoms with Gasteiger partial charge in [-0.05, 0) is 24.6 Å². The monoisotopic (exact) mass is 212 g/mol. The van der Waals surface area contributed by atoms with Gasteiger partial charge in [-0.25, -0.2) is 8.78 Å². The van der Waals surface area contributed by atoms with Crippen molar-refractivity contribution in [2.24, 2.45) is 0 Å². The van der Waals surface area contributed by atoms with Crippen molar-refractivity contribution in [2.75, 3.05) is 0 Å². The van der Waals surface area contributed by atoms with E-state index < -0.39 is 23.5 Å². The van der Waals surface area contributed by atoms with Crippen LogP contribution >= 0.6 is 0 Å². The molecule has 0 fully saturated rings. The molecule has 15 heavy (non-hydrogen) atoms. The molecule has 0 aliphatic rings. The Morgan fingerprint density at radius 1 is 1.53 bits per heavy atom. The lowest BCUT2D eigenvalue weighted by Crippen LogP contribution is -2.12. The van der Waals surface area contributed by atoms with Crippen molar-refractivity contribution < 1.29 is 18.7 Å². The van der Waals surface area contributed by atoms with E-state index in [1.807, 2.05) is 0 Å². The van der Waals surface area contributed by atoms with Crippen molar-refractivity contribution in [2.45, 2.75) is 12.3 Å². The largest absolute Gasteiger partial charge is 0.481 e. The fourth-order valence-electron chi connectivity index (χ4n) is 1.31. The number of hydrogen-bond acceptors (Lipinski definition) is 1. The molecule has 80 valence electrons. The quantitative estimate of drug-likeness (QED) is 0.779. The van der Waals surface area contributed by atoms with Crippen LogP contribution < -0.4 is 0 Å². The van der Waals surface area contributed by atoms with Crippen molar-refractivity contribution in [3.05, 3.63) is 48.1 Å². The fourth-order valence-corrected chi connectivity index (χ4v) is 1.31. The van der Waals surface area contributed by atoms with Gasteiger partial charge in [-0.15, -0.1) is 6.58 Å². The zero-order valence-corrected chi connectivity index (χ0v) is 7.91. The Labute approximate surface area is 85.9 Å². The van der Waals surface area contributed by atoms with E-state index in [0.29, 0.717) is 0 Å². The smallest absolute Gasteiger partial charge is 0.311 e. The molecule has 0 aliphatic carbocycles. The standard InChI is InChI=1S/C11H10F2O2/c1-2-3-8(11(14)15)9-6-7(12)4-5-10(9)13/h2,4-6,8H,1,3H2,(H,14,15). The summed E-state index contributed by atoms with van der Waals surface area (Å²) in [7, 11) is 0. The minimum atomic E-state index is -1.20. The summed E-state index contributed by atoms with van der Waals surface area (Å²) in [5.41, 5.74) is -0.151. The zero-order chi connectivity index (χ0) is 11.4. The normalized spacial score (nSPS) is 12.1. The summed E-state index contributed by atoms with van der Waals surface area (Å²) in [4.78, 5) is 10.8. The minimum Gasteiger partial charge on any atom is -0.481 e. The molecule has 1 atom stereocenters. The predicted molar refractivity (Wildman–Crippen MR) is 51.5 cm³/mol. The molecule has 4 heteroatoms. The molecule has 0 aliphatic heterocycles. The number of halogens is 2. The van der Waals surface area contributed by atoms with Crippen molar-refractivity contribution in [3.8, 4) is 0 Å². The first-order chi connectivity index (χ1) is 7.06. The molecule has 0 saturated carbocycles. The molecule has 0 amide bonds. The van der Waals surface area contributed by atoms with Crippen molar-refractivity contribution in [1.82, 2.24) is 0 Å². The highest BCUT2D eigenvalue weighted by molar-refractivity contribution is 5.76. The number of carbonyl (C=O) groups is 1. The molecule has 0 heterocycles. The topological polar surface area (TPSA) is 37.3 Å². The highest BCUT2D eigenvalue weighted by atomic mass is 19.1. The number of rotatable bonds is 4. The van der Waals surface area contributed by atoms with Crippen LogP contribution in [0.1, 0.15) is 17.9 Å². The lowest BCUT2D eigenvalue weighted by atomic mass is 9.95. The third-order valence-corrected chi connectivity index (χ3v) is 2.03. The van der Waals surface area contributed by atoms with E-state index in [1.54, 1.807) is 0 Å². The first-order valence-electron chi connectivity index (χ1n) is 4.35. The van der Waals surface area contributed by atoms with Gasteiger partial charge in [-0.3, -0.25) is 4.79 Å². The molecule has 1 aromatic carbocycles. The van der Waals surface area contributed by atoms with Gasteiger partial charge in [0.1, 0.15) is 11.6 Å². The number of benzene rings is 1. The third kappa shape index (κ3) is 2.62. The SMILES string of the molecule is C=CCC(C(=O)O)c1cc(F)ccc1F. The van der Waals surface area contributed by atoms with Crippen molar-refractivity contribution >= 4 is 5.97 Å². The lowest BCUT2D eigenvalue weighted by Gasteiger charge is -2.11. The van der Waals surface area contributed by atoms with E-state index in [2.05, 4.69) is 6.58 Å². The maximum Gasteiger partial charge on any atom is 0.311 e. The zero-order valence-electron chi connectivity index (χ0n) is 7.91. The van der Waals surface area contributed by atoms with E-state index in [0.717, 1.165) is 18.2 Å². The molecule has 1 unspecified atom stereocenters. The van der Waals surface area contributed by atoms with Gasteiger partial charge in [0.05, 0.1) is 5.92 Å². The molecule has 2 nitrogen and oxygen atoms in total. The molecule has 1 aromatic rings. The average Bonchev–Trinajstić information content (AvgIpc) is 2.18. The number of aliphatic carboxylic acids is 1. The second-order valence-electron chi connectivity index (χ2n) is 3.08.